The molecule has 0 aromatic heterocycles. The molecule has 2 aliphatic heterocycles. The third-order valence-electron chi connectivity index (χ3n) is 7.19. The Balaban J connectivity index is 1.65. The van der Waals surface area contributed by atoms with Gasteiger partial charge in [0.25, 0.3) is 0 Å². The molecule has 9 nitrogen and oxygen atoms in total. The lowest BCUT2D eigenvalue weighted by Gasteiger charge is -2.38. The van der Waals surface area contributed by atoms with E-state index in [4.69, 9.17) is 9.47 Å². The van der Waals surface area contributed by atoms with E-state index < -0.39 is 28.0 Å². The SMILES string of the molecule is C[C@@H]1CN([C@@H](C)CO)S(=O)(=O)c2ccc(C#Cc3cccc(F)c3)cc2O[C@H]1CN(C)C(=O)CN1CCOCC1. The number of aliphatic hydroxyl groups excluding tert-OH is 1. The first-order chi connectivity index (χ1) is 19.1. The fraction of sp³-hybridized carbons (Fsp3) is 0.483. The van der Waals surface area contributed by atoms with Crippen molar-refractivity contribution < 1.29 is 32.2 Å². The van der Waals surface area contributed by atoms with Crippen molar-refractivity contribution >= 4 is 15.9 Å². The maximum Gasteiger partial charge on any atom is 0.247 e. The number of carbonyl (C=O) groups excluding carboxylic acids is 1. The average molecular weight is 574 g/mol. The molecule has 0 radical (unpaired) electrons. The second kappa shape index (κ2) is 13.1. The summed E-state index contributed by atoms with van der Waals surface area (Å²) in [7, 11) is -2.30. The van der Waals surface area contributed by atoms with Crippen LogP contribution in [0, 0.1) is 23.6 Å². The monoisotopic (exact) mass is 573 g/mol. The molecule has 0 spiro atoms. The van der Waals surface area contributed by atoms with Gasteiger partial charge in [-0.05, 0) is 43.3 Å². The number of fused-ring (bicyclic) bond motifs is 1. The minimum atomic E-state index is -4.01. The number of amides is 1. The Hall–Kier alpha value is -3.01. The molecule has 1 N–H and O–H groups in total. The Morgan fingerprint density at radius 1 is 1.18 bits per heavy atom. The molecule has 4 rings (SSSR count). The molecule has 2 aromatic rings. The van der Waals surface area contributed by atoms with Gasteiger partial charge in [0.2, 0.25) is 15.9 Å². The second-order valence-corrected chi connectivity index (χ2v) is 12.2. The van der Waals surface area contributed by atoms with Gasteiger partial charge in [-0.15, -0.1) is 0 Å². The fourth-order valence-electron chi connectivity index (χ4n) is 4.67. The van der Waals surface area contributed by atoms with E-state index in [0.29, 0.717) is 37.4 Å². The number of sulfonamides is 1. The van der Waals surface area contributed by atoms with Gasteiger partial charge in [0, 0.05) is 49.8 Å². The first kappa shape index (κ1) is 30.0. The lowest BCUT2D eigenvalue weighted by molar-refractivity contribution is -0.133. The van der Waals surface area contributed by atoms with Crippen molar-refractivity contribution in [3.8, 4) is 17.6 Å². The number of likely N-dealkylation sites (N-methyl/N-ethyl adjacent to an activating group) is 1. The van der Waals surface area contributed by atoms with Crippen LogP contribution in [0.25, 0.3) is 0 Å². The molecule has 2 heterocycles. The lowest BCUT2D eigenvalue weighted by Crippen LogP contribution is -2.51. The van der Waals surface area contributed by atoms with Crippen LogP contribution in [0.2, 0.25) is 0 Å². The molecule has 1 amide bonds. The number of aliphatic hydroxyl groups is 1. The predicted molar refractivity (Wildman–Crippen MR) is 148 cm³/mol. The summed E-state index contributed by atoms with van der Waals surface area (Å²) in [6, 6.07) is 9.81. The molecule has 40 heavy (non-hydrogen) atoms. The maximum absolute atomic E-state index is 13.7. The van der Waals surface area contributed by atoms with Crippen molar-refractivity contribution in [3.63, 3.8) is 0 Å². The van der Waals surface area contributed by atoms with E-state index in [1.165, 1.54) is 22.5 Å². The topological polar surface area (TPSA) is 99.6 Å². The van der Waals surface area contributed by atoms with Crippen LogP contribution in [0.1, 0.15) is 25.0 Å². The van der Waals surface area contributed by atoms with Gasteiger partial charge in [-0.3, -0.25) is 9.69 Å². The molecular formula is C29H36FN3O6S. The van der Waals surface area contributed by atoms with Gasteiger partial charge in [0.05, 0.1) is 32.9 Å². The van der Waals surface area contributed by atoms with Crippen molar-refractivity contribution in [1.29, 1.82) is 0 Å². The molecule has 0 saturated carbocycles. The lowest BCUT2D eigenvalue weighted by atomic mass is 10.0. The highest BCUT2D eigenvalue weighted by Gasteiger charge is 2.38. The molecule has 0 unspecified atom stereocenters. The highest BCUT2D eigenvalue weighted by atomic mass is 32.2. The summed E-state index contributed by atoms with van der Waals surface area (Å²) < 4.78 is 54.0. The fourth-order valence-corrected chi connectivity index (χ4v) is 6.50. The summed E-state index contributed by atoms with van der Waals surface area (Å²) in [5, 5.41) is 9.85. The van der Waals surface area contributed by atoms with Gasteiger partial charge in [-0.2, -0.15) is 4.31 Å². The summed E-state index contributed by atoms with van der Waals surface area (Å²) in [5.74, 6) is 5.19. The van der Waals surface area contributed by atoms with Gasteiger partial charge < -0.3 is 19.5 Å². The molecule has 2 aliphatic rings. The van der Waals surface area contributed by atoms with Crippen LogP contribution in [-0.4, -0.2) is 105 Å². The molecule has 3 atom stereocenters. The van der Waals surface area contributed by atoms with Gasteiger partial charge in [-0.25, -0.2) is 12.8 Å². The second-order valence-electron chi connectivity index (χ2n) is 10.3. The quantitative estimate of drug-likeness (QED) is 0.526. The van der Waals surface area contributed by atoms with Crippen LogP contribution in [0.4, 0.5) is 4.39 Å². The number of carbonyl (C=O) groups is 1. The molecule has 1 fully saturated rings. The third-order valence-corrected chi connectivity index (χ3v) is 9.20. The molecule has 11 heteroatoms. The summed E-state index contributed by atoms with van der Waals surface area (Å²) in [4.78, 5) is 16.6. The Morgan fingerprint density at radius 3 is 2.55 bits per heavy atom. The standard InChI is InChI=1S/C29H36FN3O6S/c1-21-17-33(22(2)20-34)40(36,37)28-10-9-24(8-7-23-5-4-6-25(30)15-23)16-26(28)39-27(21)18-31(3)29(35)19-32-11-13-38-14-12-32/h4-6,9-10,15-16,21-22,27,34H,11-14,17-20H2,1-3H3/t21-,22+,27+/m1/s1. The van der Waals surface area contributed by atoms with Crippen LogP contribution in [-0.2, 0) is 19.6 Å². The number of rotatable bonds is 6. The van der Waals surface area contributed by atoms with Crippen molar-refractivity contribution in [3.05, 3.63) is 59.4 Å². The van der Waals surface area contributed by atoms with Crippen molar-refractivity contribution in [2.45, 2.75) is 30.9 Å². The zero-order valence-corrected chi connectivity index (χ0v) is 23.9. The summed E-state index contributed by atoms with van der Waals surface area (Å²) >= 11 is 0. The molecule has 0 aliphatic carbocycles. The van der Waals surface area contributed by atoms with Crippen LogP contribution in [0.15, 0.2) is 47.4 Å². The number of halogens is 1. The maximum atomic E-state index is 13.7. The normalized spacial score (nSPS) is 22.0. The number of hydrogen-bond acceptors (Lipinski definition) is 7. The number of morpholine rings is 1. The Labute approximate surface area is 235 Å². The number of nitrogens with zero attached hydrogens (tertiary/aromatic N) is 3. The minimum Gasteiger partial charge on any atom is -0.487 e. The van der Waals surface area contributed by atoms with Crippen LogP contribution in [0.5, 0.6) is 5.75 Å². The summed E-state index contributed by atoms with van der Waals surface area (Å²) in [6.07, 6.45) is -0.535. The first-order valence-electron chi connectivity index (χ1n) is 13.3. The minimum absolute atomic E-state index is 0.0386. The summed E-state index contributed by atoms with van der Waals surface area (Å²) in [6.45, 7) is 6.35. The molecule has 216 valence electrons. The Kier molecular flexibility index (Phi) is 9.81. The van der Waals surface area contributed by atoms with Crippen LogP contribution < -0.4 is 4.74 Å². The van der Waals surface area contributed by atoms with E-state index in [2.05, 4.69) is 11.8 Å². The van der Waals surface area contributed by atoms with E-state index in [-0.39, 0.29) is 48.7 Å². The van der Waals surface area contributed by atoms with Crippen molar-refractivity contribution in [2.24, 2.45) is 5.92 Å². The van der Waals surface area contributed by atoms with Gasteiger partial charge >= 0.3 is 0 Å². The van der Waals surface area contributed by atoms with E-state index in [1.807, 2.05) is 11.8 Å². The van der Waals surface area contributed by atoms with E-state index in [0.717, 1.165) is 0 Å². The van der Waals surface area contributed by atoms with Crippen molar-refractivity contribution in [2.75, 3.05) is 59.6 Å². The van der Waals surface area contributed by atoms with Crippen LogP contribution >= 0.6 is 0 Å². The zero-order chi connectivity index (χ0) is 28.9. The number of hydrogen-bond donors (Lipinski definition) is 1. The zero-order valence-electron chi connectivity index (χ0n) is 23.0. The van der Waals surface area contributed by atoms with Gasteiger partial charge in [-0.1, -0.05) is 24.8 Å². The Morgan fingerprint density at radius 2 is 1.88 bits per heavy atom. The van der Waals surface area contributed by atoms with Gasteiger partial charge in [0.15, 0.2) is 0 Å². The predicted octanol–water partition coefficient (Wildman–Crippen LogP) is 1.78. The summed E-state index contributed by atoms with van der Waals surface area (Å²) in [5.41, 5.74) is 0.971. The molecule has 0 bridgehead atoms. The average Bonchev–Trinajstić information content (AvgIpc) is 2.93. The third kappa shape index (κ3) is 7.19. The smallest absolute Gasteiger partial charge is 0.247 e. The molecule has 2 aromatic carbocycles. The first-order valence-corrected chi connectivity index (χ1v) is 14.8. The largest absolute Gasteiger partial charge is 0.487 e. The highest BCUT2D eigenvalue weighted by Crippen LogP contribution is 2.34. The van der Waals surface area contributed by atoms with E-state index >= 15 is 0 Å². The highest BCUT2D eigenvalue weighted by molar-refractivity contribution is 7.89. The van der Waals surface area contributed by atoms with Crippen LogP contribution in [0.3, 0.4) is 0 Å². The number of ether oxygens (including phenoxy) is 2. The van der Waals surface area contributed by atoms with E-state index in [9.17, 15) is 22.7 Å². The van der Waals surface area contributed by atoms with Crippen molar-refractivity contribution in [1.82, 2.24) is 14.1 Å². The Bertz CT molecular complexity index is 1370. The number of benzene rings is 2. The van der Waals surface area contributed by atoms with E-state index in [1.54, 1.807) is 43.1 Å². The van der Waals surface area contributed by atoms with Gasteiger partial charge in [0.1, 0.15) is 22.6 Å². The molecular weight excluding hydrogens is 537 g/mol. The molecule has 1 saturated heterocycles.